The van der Waals surface area contributed by atoms with Crippen LogP contribution in [0.3, 0.4) is 0 Å². The Morgan fingerprint density at radius 2 is 2.21 bits per heavy atom. The largest absolute Gasteiger partial charge is 0.340 e. The minimum atomic E-state index is -0.357. The van der Waals surface area contributed by atoms with E-state index in [2.05, 4.69) is 11.4 Å². The molecule has 0 radical (unpaired) electrons. The van der Waals surface area contributed by atoms with Gasteiger partial charge in [0.2, 0.25) is 5.91 Å². The van der Waals surface area contributed by atoms with Crippen molar-refractivity contribution in [3.05, 3.63) is 0 Å². The molecule has 0 saturated heterocycles. The molecule has 0 spiro atoms. The number of nitrogens with one attached hydrogen (secondary N) is 1. The molecule has 1 fully saturated rings. The zero-order valence-corrected chi connectivity index (χ0v) is 9.13. The predicted octanol–water partition coefficient (Wildman–Crippen LogP) is 1.84. The van der Waals surface area contributed by atoms with Crippen molar-refractivity contribution in [2.75, 3.05) is 0 Å². The molecule has 0 aromatic heterocycles. The first-order chi connectivity index (χ1) is 6.51. The predicted molar refractivity (Wildman–Crippen MR) is 54.3 cm³/mol. The second kappa shape index (κ2) is 4.00. The van der Waals surface area contributed by atoms with Crippen LogP contribution in [0.2, 0.25) is 0 Å². The van der Waals surface area contributed by atoms with Crippen LogP contribution >= 0.6 is 0 Å². The van der Waals surface area contributed by atoms with E-state index in [4.69, 9.17) is 5.26 Å². The summed E-state index contributed by atoms with van der Waals surface area (Å²) in [5.74, 6) is 0.398. The summed E-state index contributed by atoms with van der Waals surface area (Å²) in [7, 11) is 0. The lowest BCUT2D eigenvalue weighted by Crippen LogP contribution is -2.43. The number of hydrogen-bond donors (Lipinski definition) is 1. The highest BCUT2D eigenvalue weighted by atomic mass is 16.2. The number of hydrogen-bond acceptors (Lipinski definition) is 2. The molecular formula is C11H18N2O. The maximum absolute atomic E-state index is 11.7. The summed E-state index contributed by atoms with van der Waals surface area (Å²) in [6.07, 6.45) is 2.94. The summed E-state index contributed by atoms with van der Waals surface area (Å²) in [5.41, 5.74) is -0.357. The first-order valence-corrected chi connectivity index (χ1v) is 5.22. The first-order valence-electron chi connectivity index (χ1n) is 5.22. The van der Waals surface area contributed by atoms with Crippen molar-refractivity contribution in [1.29, 1.82) is 5.26 Å². The van der Waals surface area contributed by atoms with Gasteiger partial charge < -0.3 is 5.32 Å². The van der Waals surface area contributed by atoms with Crippen molar-refractivity contribution in [3.8, 4) is 6.07 Å². The molecular weight excluding hydrogens is 176 g/mol. The van der Waals surface area contributed by atoms with E-state index in [-0.39, 0.29) is 17.4 Å². The fourth-order valence-corrected chi connectivity index (χ4v) is 1.18. The van der Waals surface area contributed by atoms with Crippen LogP contribution in [-0.4, -0.2) is 11.9 Å². The zero-order valence-electron chi connectivity index (χ0n) is 9.13. The Labute approximate surface area is 85.5 Å². The lowest BCUT2D eigenvalue weighted by Gasteiger charge is -2.23. The monoisotopic (exact) mass is 194 g/mol. The zero-order chi connectivity index (χ0) is 10.8. The van der Waals surface area contributed by atoms with Gasteiger partial charge in [0.15, 0.2) is 0 Å². The fourth-order valence-electron chi connectivity index (χ4n) is 1.18. The Kier molecular flexibility index (Phi) is 3.15. The lowest BCUT2D eigenvalue weighted by molar-refractivity contribution is -0.130. The summed E-state index contributed by atoms with van der Waals surface area (Å²) in [5, 5.41) is 11.7. The van der Waals surface area contributed by atoms with E-state index in [1.54, 1.807) is 0 Å². The number of carbonyl (C=O) groups excluding carboxylic acids is 1. The first kappa shape index (κ1) is 11.0. The second-order valence-electron chi connectivity index (χ2n) is 4.66. The van der Waals surface area contributed by atoms with E-state index in [1.165, 1.54) is 0 Å². The topological polar surface area (TPSA) is 52.9 Å². The third kappa shape index (κ3) is 2.47. The molecule has 14 heavy (non-hydrogen) atoms. The van der Waals surface area contributed by atoms with Gasteiger partial charge in [0, 0.05) is 5.41 Å². The molecule has 3 nitrogen and oxygen atoms in total. The third-order valence-electron chi connectivity index (χ3n) is 3.02. The summed E-state index contributed by atoms with van der Waals surface area (Å²) in [4.78, 5) is 11.7. The number of amides is 1. The van der Waals surface area contributed by atoms with Gasteiger partial charge in [-0.15, -0.1) is 0 Å². The molecule has 1 amide bonds. The molecule has 1 N–H and O–H groups in total. The molecule has 0 aliphatic heterocycles. The molecule has 1 aliphatic rings. The quantitative estimate of drug-likeness (QED) is 0.742. The van der Waals surface area contributed by atoms with Crippen LogP contribution in [0, 0.1) is 22.7 Å². The van der Waals surface area contributed by atoms with E-state index in [1.807, 2.05) is 20.8 Å². The van der Waals surface area contributed by atoms with Crippen LogP contribution in [0.5, 0.6) is 0 Å². The summed E-state index contributed by atoms with van der Waals surface area (Å²) in [6.45, 7) is 5.80. The number of nitrogens with zero attached hydrogens (tertiary/aromatic N) is 1. The van der Waals surface area contributed by atoms with Crippen molar-refractivity contribution in [2.24, 2.45) is 11.3 Å². The highest BCUT2D eigenvalue weighted by molar-refractivity contribution is 5.82. The smallest absolute Gasteiger partial charge is 0.226 e. The Bertz CT molecular complexity index is 261. The molecule has 0 bridgehead atoms. The van der Waals surface area contributed by atoms with Crippen molar-refractivity contribution in [2.45, 2.75) is 46.1 Å². The van der Waals surface area contributed by atoms with Crippen molar-refractivity contribution in [3.63, 3.8) is 0 Å². The highest BCUT2D eigenvalue weighted by Gasteiger charge is 2.35. The van der Waals surface area contributed by atoms with Gasteiger partial charge in [-0.25, -0.2) is 0 Å². The van der Waals surface area contributed by atoms with E-state index >= 15 is 0 Å². The molecule has 1 saturated carbocycles. The number of carbonyl (C=O) groups is 1. The van der Waals surface area contributed by atoms with Crippen LogP contribution in [0.4, 0.5) is 0 Å². The molecule has 1 atom stereocenters. The van der Waals surface area contributed by atoms with E-state index in [0.717, 1.165) is 19.3 Å². The van der Waals surface area contributed by atoms with Gasteiger partial charge in [0.05, 0.1) is 6.07 Å². The fraction of sp³-hybridized carbons (Fsp3) is 0.818. The molecule has 0 heterocycles. The second-order valence-corrected chi connectivity index (χ2v) is 4.66. The van der Waals surface area contributed by atoms with Crippen LogP contribution in [-0.2, 0) is 4.79 Å². The lowest BCUT2D eigenvalue weighted by atomic mass is 9.89. The van der Waals surface area contributed by atoms with Gasteiger partial charge in [0.1, 0.15) is 6.04 Å². The van der Waals surface area contributed by atoms with Crippen LogP contribution in [0.1, 0.15) is 40.0 Å². The molecule has 0 aromatic carbocycles. The Hall–Kier alpha value is -1.04. The minimum absolute atomic E-state index is 0.00144. The van der Waals surface area contributed by atoms with Gasteiger partial charge in [-0.05, 0) is 25.2 Å². The average Bonchev–Trinajstić information content (AvgIpc) is 2.97. The standard InChI is InChI=1S/C11H18N2O/c1-4-11(2,3)10(14)13-9(7-12)8-5-6-8/h8-9H,4-6H2,1-3H3,(H,13,14). The van der Waals surface area contributed by atoms with Gasteiger partial charge >= 0.3 is 0 Å². The van der Waals surface area contributed by atoms with Crippen molar-refractivity contribution in [1.82, 2.24) is 5.32 Å². The molecule has 1 unspecified atom stereocenters. The number of nitriles is 1. The summed E-state index contributed by atoms with van der Waals surface area (Å²) >= 11 is 0. The maximum Gasteiger partial charge on any atom is 0.226 e. The van der Waals surface area contributed by atoms with Gasteiger partial charge in [-0.2, -0.15) is 5.26 Å². The minimum Gasteiger partial charge on any atom is -0.340 e. The van der Waals surface area contributed by atoms with E-state index in [0.29, 0.717) is 5.92 Å². The van der Waals surface area contributed by atoms with E-state index < -0.39 is 0 Å². The van der Waals surface area contributed by atoms with Crippen LogP contribution in [0.15, 0.2) is 0 Å². The van der Waals surface area contributed by atoms with Gasteiger partial charge in [-0.1, -0.05) is 20.8 Å². The number of rotatable bonds is 4. The summed E-state index contributed by atoms with van der Waals surface area (Å²) in [6, 6.07) is 1.89. The average molecular weight is 194 g/mol. The highest BCUT2D eigenvalue weighted by Crippen LogP contribution is 2.33. The van der Waals surface area contributed by atoms with Crippen LogP contribution in [0.25, 0.3) is 0 Å². The van der Waals surface area contributed by atoms with E-state index in [9.17, 15) is 4.79 Å². The summed E-state index contributed by atoms with van der Waals surface area (Å²) < 4.78 is 0. The van der Waals surface area contributed by atoms with Gasteiger partial charge in [-0.3, -0.25) is 4.79 Å². The Morgan fingerprint density at radius 3 is 2.57 bits per heavy atom. The normalized spacial score (nSPS) is 18.4. The van der Waals surface area contributed by atoms with Crippen molar-refractivity contribution < 1.29 is 4.79 Å². The van der Waals surface area contributed by atoms with Gasteiger partial charge in [0.25, 0.3) is 0 Å². The SMILES string of the molecule is CCC(C)(C)C(=O)NC(C#N)C1CC1. The molecule has 3 heteroatoms. The molecule has 0 aromatic rings. The van der Waals surface area contributed by atoms with Crippen molar-refractivity contribution >= 4 is 5.91 Å². The third-order valence-corrected chi connectivity index (χ3v) is 3.02. The Balaban J connectivity index is 2.50. The molecule has 78 valence electrons. The molecule has 1 aliphatic carbocycles. The maximum atomic E-state index is 11.7. The van der Waals surface area contributed by atoms with Crippen LogP contribution < -0.4 is 5.32 Å². The Morgan fingerprint density at radius 1 is 1.64 bits per heavy atom. The molecule has 1 rings (SSSR count).